The Balaban J connectivity index is 1.40. The Hall–Kier alpha value is -0.800. The highest BCUT2D eigenvalue weighted by Crippen LogP contribution is 2.28. The zero-order valence-corrected chi connectivity index (χ0v) is 11.8. The highest BCUT2D eigenvalue weighted by molar-refractivity contribution is 4.99. The third-order valence-electron chi connectivity index (χ3n) is 4.44. The molecule has 2 fully saturated rings. The molecule has 0 saturated heterocycles. The molecule has 0 unspecified atom stereocenters. The number of rotatable bonds is 7. The number of nitrogens with one attached hydrogen (secondary N) is 1. The summed E-state index contributed by atoms with van der Waals surface area (Å²) in [5.41, 5.74) is 0. The Bertz CT molecular complexity index is 353. The minimum Gasteiger partial charge on any atom is -0.468 e. The van der Waals surface area contributed by atoms with Gasteiger partial charge in [0.1, 0.15) is 5.76 Å². The maximum atomic E-state index is 5.48. The number of furan rings is 1. The summed E-state index contributed by atoms with van der Waals surface area (Å²) in [6.07, 6.45) is 11.5. The SMILES string of the molecule is c1coc(CN(CCNC2CCCCC2)C2CC2)c1. The summed E-state index contributed by atoms with van der Waals surface area (Å²) < 4.78 is 5.48. The first-order valence-electron chi connectivity index (χ1n) is 7.91. The van der Waals surface area contributed by atoms with E-state index in [4.69, 9.17) is 4.42 Å². The predicted molar refractivity (Wildman–Crippen MR) is 77.0 cm³/mol. The zero-order chi connectivity index (χ0) is 12.9. The largest absolute Gasteiger partial charge is 0.468 e. The molecule has 0 radical (unpaired) electrons. The van der Waals surface area contributed by atoms with E-state index in [0.717, 1.165) is 37.5 Å². The van der Waals surface area contributed by atoms with Crippen molar-refractivity contribution in [2.45, 2.75) is 63.6 Å². The van der Waals surface area contributed by atoms with E-state index >= 15 is 0 Å². The number of hydrogen-bond acceptors (Lipinski definition) is 3. The fourth-order valence-corrected chi connectivity index (χ4v) is 3.15. The lowest BCUT2D eigenvalue weighted by atomic mass is 9.95. The Morgan fingerprint density at radius 2 is 2.00 bits per heavy atom. The second kappa shape index (κ2) is 6.58. The highest BCUT2D eigenvalue weighted by Gasteiger charge is 2.29. The van der Waals surface area contributed by atoms with Crippen LogP contribution in [-0.2, 0) is 6.54 Å². The molecule has 0 atom stereocenters. The van der Waals surface area contributed by atoms with Crippen molar-refractivity contribution in [1.29, 1.82) is 0 Å². The van der Waals surface area contributed by atoms with Crippen molar-refractivity contribution in [3.8, 4) is 0 Å². The Morgan fingerprint density at radius 3 is 2.68 bits per heavy atom. The maximum Gasteiger partial charge on any atom is 0.117 e. The van der Waals surface area contributed by atoms with Crippen molar-refractivity contribution in [1.82, 2.24) is 10.2 Å². The van der Waals surface area contributed by atoms with Gasteiger partial charge in [-0.2, -0.15) is 0 Å². The molecule has 19 heavy (non-hydrogen) atoms. The van der Waals surface area contributed by atoms with Gasteiger partial charge in [-0.05, 0) is 37.8 Å². The molecule has 0 aromatic carbocycles. The van der Waals surface area contributed by atoms with E-state index in [-0.39, 0.29) is 0 Å². The van der Waals surface area contributed by atoms with Gasteiger partial charge in [0.05, 0.1) is 12.8 Å². The molecule has 1 heterocycles. The van der Waals surface area contributed by atoms with Crippen molar-refractivity contribution >= 4 is 0 Å². The molecule has 3 nitrogen and oxygen atoms in total. The highest BCUT2D eigenvalue weighted by atomic mass is 16.3. The summed E-state index contributed by atoms with van der Waals surface area (Å²) in [6.45, 7) is 3.26. The normalized spacial score (nSPS) is 21.1. The van der Waals surface area contributed by atoms with Gasteiger partial charge in [0, 0.05) is 25.2 Å². The van der Waals surface area contributed by atoms with Crippen LogP contribution in [0, 0.1) is 0 Å². The second-order valence-corrected chi connectivity index (χ2v) is 6.07. The van der Waals surface area contributed by atoms with E-state index in [1.165, 1.54) is 44.9 Å². The fourth-order valence-electron chi connectivity index (χ4n) is 3.15. The topological polar surface area (TPSA) is 28.4 Å². The van der Waals surface area contributed by atoms with E-state index in [1.54, 1.807) is 6.26 Å². The Morgan fingerprint density at radius 1 is 1.16 bits per heavy atom. The zero-order valence-electron chi connectivity index (χ0n) is 11.8. The van der Waals surface area contributed by atoms with Crippen LogP contribution in [0.5, 0.6) is 0 Å². The van der Waals surface area contributed by atoms with Crippen molar-refractivity contribution in [2.24, 2.45) is 0 Å². The van der Waals surface area contributed by atoms with Crippen LogP contribution in [-0.4, -0.2) is 30.1 Å². The predicted octanol–water partition coefficient (Wildman–Crippen LogP) is 3.17. The molecule has 2 aliphatic rings. The van der Waals surface area contributed by atoms with E-state index in [9.17, 15) is 0 Å². The summed E-state index contributed by atoms with van der Waals surface area (Å²) in [7, 11) is 0. The molecule has 106 valence electrons. The molecule has 0 bridgehead atoms. The fraction of sp³-hybridized carbons (Fsp3) is 0.750. The molecule has 1 aromatic rings. The van der Waals surface area contributed by atoms with Crippen molar-refractivity contribution in [2.75, 3.05) is 13.1 Å². The van der Waals surface area contributed by atoms with Crippen LogP contribution < -0.4 is 5.32 Å². The lowest BCUT2D eigenvalue weighted by molar-refractivity contribution is 0.226. The molecule has 3 rings (SSSR count). The first kappa shape index (κ1) is 13.2. The summed E-state index contributed by atoms with van der Waals surface area (Å²) in [5, 5.41) is 3.74. The lowest BCUT2D eigenvalue weighted by Gasteiger charge is -2.26. The van der Waals surface area contributed by atoms with Crippen molar-refractivity contribution < 1.29 is 4.42 Å². The molecule has 0 spiro atoms. The van der Waals surface area contributed by atoms with Crippen LogP contribution in [0.2, 0.25) is 0 Å². The van der Waals surface area contributed by atoms with Gasteiger partial charge < -0.3 is 9.73 Å². The minimum atomic E-state index is 0.776. The Labute approximate surface area is 116 Å². The first-order valence-corrected chi connectivity index (χ1v) is 7.91. The van der Waals surface area contributed by atoms with Crippen molar-refractivity contribution in [3.05, 3.63) is 24.2 Å². The van der Waals surface area contributed by atoms with Gasteiger partial charge in [-0.3, -0.25) is 4.90 Å². The van der Waals surface area contributed by atoms with Crippen LogP contribution in [0.1, 0.15) is 50.7 Å². The van der Waals surface area contributed by atoms with Gasteiger partial charge in [-0.1, -0.05) is 19.3 Å². The minimum absolute atomic E-state index is 0.776. The second-order valence-electron chi connectivity index (χ2n) is 6.07. The van der Waals surface area contributed by atoms with Crippen LogP contribution >= 0.6 is 0 Å². The molecule has 0 amide bonds. The van der Waals surface area contributed by atoms with E-state index < -0.39 is 0 Å². The van der Waals surface area contributed by atoms with Gasteiger partial charge in [0.2, 0.25) is 0 Å². The Kier molecular flexibility index (Phi) is 4.57. The van der Waals surface area contributed by atoms with Crippen LogP contribution in [0.4, 0.5) is 0 Å². The quantitative estimate of drug-likeness (QED) is 0.818. The standard InChI is InChI=1S/C16H26N2O/c1-2-5-14(6-3-1)17-10-11-18(15-8-9-15)13-16-7-4-12-19-16/h4,7,12,14-15,17H,1-3,5-6,8-11,13H2. The summed E-state index contributed by atoms with van der Waals surface area (Å²) in [4.78, 5) is 2.58. The maximum absolute atomic E-state index is 5.48. The lowest BCUT2D eigenvalue weighted by Crippen LogP contribution is -2.38. The average molecular weight is 262 g/mol. The molecule has 1 N–H and O–H groups in total. The van der Waals surface area contributed by atoms with Crippen LogP contribution in [0.15, 0.2) is 22.8 Å². The van der Waals surface area contributed by atoms with Gasteiger partial charge in [-0.25, -0.2) is 0 Å². The monoisotopic (exact) mass is 262 g/mol. The molecule has 2 aliphatic carbocycles. The van der Waals surface area contributed by atoms with E-state index in [2.05, 4.69) is 16.3 Å². The summed E-state index contributed by atoms with van der Waals surface area (Å²) in [5.74, 6) is 1.10. The first-order chi connectivity index (χ1) is 9.42. The van der Waals surface area contributed by atoms with Gasteiger partial charge in [-0.15, -0.1) is 0 Å². The number of hydrogen-bond donors (Lipinski definition) is 1. The van der Waals surface area contributed by atoms with Gasteiger partial charge in [0.25, 0.3) is 0 Å². The molecule has 2 saturated carbocycles. The molecule has 0 aliphatic heterocycles. The van der Waals surface area contributed by atoms with Crippen molar-refractivity contribution in [3.63, 3.8) is 0 Å². The van der Waals surface area contributed by atoms with Crippen LogP contribution in [0.25, 0.3) is 0 Å². The molecular formula is C16H26N2O. The van der Waals surface area contributed by atoms with E-state index in [1.807, 2.05) is 6.07 Å². The molecule has 1 aromatic heterocycles. The van der Waals surface area contributed by atoms with Gasteiger partial charge >= 0.3 is 0 Å². The average Bonchev–Trinajstić information content (AvgIpc) is 3.17. The third kappa shape index (κ3) is 4.08. The molecule has 3 heteroatoms. The van der Waals surface area contributed by atoms with Gasteiger partial charge in [0.15, 0.2) is 0 Å². The summed E-state index contributed by atoms with van der Waals surface area (Å²) >= 11 is 0. The smallest absolute Gasteiger partial charge is 0.117 e. The van der Waals surface area contributed by atoms with Crippen LogP contribution in [0.3, 0.4) is 0 Å². The number of nitrogens with zero attached hydrogens (tertiary/aromatic N) is 1. The molecular weight excluding hydrogens is 236 g/mol. The summed E-state index contributed by atoms with van der Waals surface area (Å²) in [6, 6.07) is 5.65. The third-order valence-corrected chi connectivity index (χ3v) is 4.44. The van der Waals surface area contributed by atoms with E-state index in [0.29, 0.717) is 0 Å².